The van der Waals surface area contributed by atoms with Crippen LogP contribution in [0.1, 0.15) is 11.1 Å². The van der Waals surface area contributed by atoms with Crippen molar-refractivity contribution in [2.75, 3.05) is 4.90 Å². The third-order valence-electron chi connectivity index (χ3n) is 3.60. The summed E-state index contributed by atoms with van der Waals surface area (Å²) in [5.74, 6) is -1.84. The third-order valence-corrected chi connectivity index (χ3v) is 4.01. The van der Waals surface area contributed by atoms with E-state index in [1.807, 2.05) is 0 Å². The summed E-state index contributed by atoms with van der Waals surface area (Å²) in [4.78, 5) is 25.9. The predicted octanol–water partition coefficient (Wildman–Crippen LogP) is 3.49. The number of hydrogen-bond acceptors (Lipinski definition) is 3. The molecule has 1 aliphatic rings. The summed E-state index contributed by atoms with van der Waals surface area (Å²) in [6.45, 7) is 1.72. The topological polar surface area (TPSA) is 57.6 Å². The maximum absolute atomic E-state index is 12.6. The number of halogens is 1. The van der Waals surface area contributed by atoms with Gasteiger partial charge in [0.25, 0.3) is 5.91 Å². The van der Waals surface area contributed by atoms with Crippen molar-refractivity contribution < 1.29 is 14.7 Å². The molecule has 0 saturated carbocycles. The van der Waals surface area contributed by atoms with Gasteiger partial charge >= 0.3 is 5.91 Å². The molecule has 0 fully saturated rings. The van der Waals surface area contributed by atoms with Crippen LogP contribution in [0, 0.1) is 6.92 Å². The molecule has 1 N–H and O–H groups in total. The van der Waals surface area contributed by atoms with E-state index in [1.54, 1.807) is 55.5 Å². The highest BCUT2D eigenvalue weighted by Crippen LogP contribution is 2.35. The van der Waals surface area contributed by atoms with E-state index in [9.17, 15) is 14.7 Å². The Morgan fingerprint density at radius 3 is 2.32 bits per heavy atom. The van der Waals surface area contributed by atoms with Gasteiger partial charge in [-0.05, 0) is 30.2 Å². The number of carbonyl (C=O) groups excluding carboxylic acids is 2. The van der Waals surface area contributed by atoms with Crippen molar-refractivity contribution in [3.63, 3.8) is 0 Å². The van der Waals surface area contributed by atoms with E-state index in [0.717, 1.165) is 4.90 Å². The monoisotopic (exact) mass is 313 g/mol. The Labute approximate surface area is 132 Å². The Kier molecular flexibility index (Phi) is 3.47. The molecule has 1 aliphatic heterocycles. The molecule has 4 nitrogen and oxygen atoms in total. The lowest BCUT2D eigenvalue weighted by Crippen LogP contribution is -2.32. The fourth-order valence-corrected chi connectivity index (χ4v) is 2.61. The molecule has 2 aromatic rings. The van der Waals surface area contributed by atoms with Gasteiger partial charge < -0.3 is 5.11 Å². The molecule has 3 rings (SSSR count). The number of imide groups is 1. The first-order valence-electron chi connectivity index (χ1n) is 6.65. The van der Waals surface area contributed by atoms with E-state index >= 15 is 0 Å². The minimum atomic E-state index is -0.741. The van der Waals surface area contributed by atoms with Gasteiger partial charge in [0.15, 0.2) is 5.76 Å². The minimum Gasteiger partial charge on any atom is -0.502 e. The molecule has 0 atom stereocenters. The third kappa shape index (κ3) is 2.09. The Morgan fingerprint density at radius 2 is 1.64 bits per heavy atom. The first kappa shape index (κ1) is 14.4. The molecule has 0 unspecified atom stereocenters. The number of benzene rings is 2. The van der Waals surface area contributed by atoms with Crippen molar-refractivity contribution in [1.29, 1.82) is 0 Å². The van der Waals surface area contributed by atoms with Gasteiger partial charge in [0.1, 0.15) is 0 Å². The summed E-state index contributed by atoms with van der Waals surface area (Å²) >= 11 is 6.05. The molecule has 1 heterocycles. The van der Waals surface area contributed by atoms with Crippen molar-refractivity contribution in [2.45, 2.75) is 6.92 Å². The van der Waals surface area contributed by atoms with E-state index in [4.69, 9.17) is 11.6 Å². The van der Waals surface area contributed by atoms with Crippen LogP contribution in [0.2, 0.25) is 5.02 Å². The molecule has 110 valence electrons. The quantitative estimate of drug-likeness (QED) is 0.863. The summed E-state index contributed by atoms with van der Waals surface area (Å²) < 4.78 is 0. The van der Waals surface area contributed by atoms with Crippen LogP contribution in [-0.2, 0) is 9.59 Å². The van der Waals surface area contributed by atoms with Gasteiger partial charge in [-0.3, -0.25) is 9.59 Å². The summed E-state index contributed by atoms with van der Waals surface area (Å²) in [7, 11) is 0. The number of nitrogens with zero attached hydrogens (tertiary/aromatic N) is 1. The van der Waals surface area contributed by atoms with Crippen LogP contribution in [-0.4, -0.2) is 16.9 Å². The van der Waals surface area contributed by atoms with Gasteiger partial charge in [0.05, 0.1) is 11.3 Å². The van der Waals surface area contributed by atoms with Crippen molar-refractivity contribution in [3.05, 3.63) is 70.4 Å². The maximum atomic E-state index is 12.6. The first-order chi connectivity index (χ1) is 10.5. The Bertz CT molecular complexity index is 812. The fourth-order valence-electron chi connectivity index (χ4n) is 2.44. The molecule has 0 aliphatic carbocycles. The molecule has 2 aromatic carbocycles. The number of aliphatic hydroxyl groups excluding tert-OH is 1. The molecule has 0 aromatic heterocycles. The van der Waals surface area contributed by atoms with E-state index < -0.39 is 17.6 Å². The molecular weight excluding hydrogens is 302 g/mol. The number of aliphatic hydroxyl groups is 1. The molecule has 22 heavy (non-hydrogen) atoms. The Morgan fingerprint density at radius 1 is 0.955 bits per heavy atom. The van der Waals surface area contributed by atoms with Gasteiger partial charge in [-0.1, -0.05) is 48.0 Å². The van der Waals surface area contributed by atoms with Crippen molar-refractivity contribution in [2.24, 2.45) is 0 Å². The van der Waals surface area contributed by atoms with E-state index in [2.05, 4.69) is 0 Å². The van der Waals surface area contributed by atoms with Crippen molar-refractivity contribution in [3.8, 4) is 0 Å². The number of carbonyl (C=O) groups is 2. The van der Waals surface area contributed by atoms with Gasteiger partial charge in [-0.2, -0.15) is 0 Å². The largest absolute Gasteiger partial charge is 0.502 e. The second kappa shape index (κ2) is 5.31. The van der Waals surface area contributed by atoms with Crippen LogP contribution in [0.15, 0.2) is 54.3 Å². The maximum Gasteiger partial charge on any atom is 0.301 e. The number of anilines is 1. The second-order valence-electron chi connectivity index (χ2n) is 4.92. The van der Waals surface area contributed by atoms with Crippen LogP contribution in [0.5, 0.6) is 0 Å². The standard InChI is InChI=1S/C17H12ClNO3/c1-10-12(18)8-5-9-13(10)19-16(21)14(15(20)17(19)22)11-6-3-2-4-7-11/h2-9,20H,1H3. The van der Waals surface area contributed by atoms with Crippen molar-refractivity contribution in [1.82, 2.24) is 0 Å². The second-order valence-corrected chi connectivity index (χ2v) is 5.33. The van der Waals surface area contributed by atoms with E-state index in [1.165, 1.54) is 0 Å². The van der Waals surface area contributed by atoms with E-state index in [0.29, 0.717) is 21.8 Å². The number of rotatable bonds is 2. The summed E-state index contributed by atoms with van der Waals surface area (Å²) in [6.07, 6.45) is 0. The van der Waals surface area contributed by atoms with Gasteiger partial charge in [-0.15, -0.1) is 0 Å². The Balaban J connectivity index is 2.11. The molecule has 5 heteroatoms. The SMILES string of the molecule is Cc1c(Cl)cccc1N1C(=O)C(O)=C(c2ccccc2)C1=O. The van der Waals surface area contributed by atoms with E-state index in [-0.39, 0.29) is 5.57 Å². The molecule has 0 saturated heterocycles. The summed E-state index contributed by atoms with van der Waals surface area (Å²) in [6, 6.07) is 13.6. The van der Waals surface area contributed by atoms with Crippen LogP contribution in [0.4, 0.5) is 5.69 Å². The zero-order valence-corrected chi connectivity index (χ0v) is 12.5. The lowest BCUT2D eigenvalue weighted by atomic mass is 10.1. The highest BCUT2D eigenvalue weighted by molar-refractivity contribution is 6.45. The zero-order chi connectivity index (χ0) is 15.9. The fraction of sp³-hybridized carbons (Fsp3) is 0.0588. The first-order valence-corrected chi connectivity index (χ1v) is 7.02. The summed E-state index contributed by atoms with van der Waals surface area (Å²) in [5.41, 5.74) is 1.48. The van der Waals surface area contributed by atoms with Crippen LogP contribution in [0.3, 0.4) is 0 Å². The normalized spacial score (nSPS) is 14.9. The van der Waals surface area contributed by atoms with Gasteiger partial charge in [-0.25, -0.2) is 4.90 Å². The zero-order valence-electron chi connectivity index (χ0n) is 11.7. The van der Waals surface area contributed by atoms with Gasteiger partial charge in [0.2, 0.25) is 0 Å². The highest BCUT2D eigenvalue weighted by Gasteiger charge is 2.40. The summed E-state index contributed by atoms with van der Waals surface area (Å²) in [5, 5.41) is 10.6. The average molecular weight is 314 g/mol. The van der Waals surface area contributed by atoms with Crippen LogP contribution >= 0.6 is 11.6 Å². The molecule has 0 spiro atoms. The highest BCUT2D eigenvalue weighted by atomic mass is 35.5. The lowest BCUT2D eigenvalue weighted by Gasteiger charge is -2.17. The smallest absolute Gasteiger partial charge is 0.301 e. The van der Waals surface area contributed by atoms with Crippen LogP contribution in [0.25, 0.3) is 5.57 Å². The number of amides is 2. The average Bonchev–Trinajstić information content (AvgIpc) is 2.74. The van der Waals surface area contributed by atoms with Crippen molar-refractivity contribution >= 4 is 34.7 Å². The lowest BCUT2D eigenvalue weighted by molar-refractivity contribution is -0.121. The predicted molar refractivity (Wildman–Crippen MR) is 84.7 cm³/mol. The number of hydrogen-bond donors (Lipinski definition) is 1. The Hall–Kier alpha value is -2.59. The molecule has 0 bridgehead atoms. The molecule has 2 amide bonds. The molecular formula is C17H12ClNO3. The minimum absolute atomic E-state index is 0.00461. The molecule has 0 radical (unpaired) electrons. The van der Waals surface area contributed by atoms with Gasteiger partial charge in [0, 0.05) is 5.02 Å². The van der Waals surface area contributed by atoms with Crippen LogP contribution < -0.4 is 4.90 Å².